The highest BCUT2D eigenvalue weighted by molar-refractivity contribution is 14.1. The van der Waals surface area contributed by atoms with Gasteiger partial charge in [0.25, 0.3) is 5.91 Å². The summed E-state index contributed by atoms with van der Waals surface area (Å²) in [6, 6.07) is 15.7. The van der Waals surface area contributed by atoms with E-state index < -0.39 is 11.0 Å². The van der Waals surface area contributed by atoms with Gasteiger partial charge in [0.1, 0.15) is 12.4 Å². The Hall–Kier alpha value is -2.33. The van der Waals surface area contributed by atoms with E-state index in [9.17, 15) is 4.79 Å². The van der Waals surface area contributed by atoms with Crippen LogP contribution in [-0.2, 0) is 16.2 Å². The average molecular weight is 577 g/mol. The summed E-state index contributed by atoms with van der Waals surface area (Å²) >= 11 is 3.58. The molecule has 1 N–H and O–H groups in total. The Morgan fingerprint density at radius 2 is 2.03 bits per heavy atom. The number of halogens is 1. The normalized spacial score (nSPS) is 12.6. The van der Waals surface area contributed by atoms with E-state index in [1.807, 2.05) is 75.7 Å². The predicted molar refractivity (Wildman–Crippen MR) is 144 cm³/mol. The molecule has 0 saturated carbocycles. The lowest BCUT2D eigenvalue weighted by Gasteiger charge is -2.27. The van der Waals surface area contributed by atoms with E-state index in [0.717, 1.165) is 25.6 Å². The molecule has 3 rings (SSSR count). The van der Waals surface area contributed by atoms with Crippen molar-refractivity contribution in [1.82, 2.24) is 10.3 Å². The van der Waals surface area contributed by atoms with E-state index >= 15 is 0 Å². The second kappa shape index (κ2) is 11.7. The van der Waals surface area contributed by atoms with Crippen LogP contribution in [0.25, 0.3) is 10.9 Å². The second-order valence-corrected chi connectivity index (χ2v) is 10.4. The van der Waals surface area contributed by atoms with E-state index in [1.165, 1.54) is 11.8 Å². The zero-order valence-corrected chi connectivity index (χ0v) is 22.1. The first-order valence-corrected chi connectivity index (χ1v) is 12.9. The molecule has 1 heterocycles. The SMILES string of the molecule is CSC(Oc1cc(C)c2ncc(I)cc2c1)C(=O)NC(C)(C)CC=NOCc1ccccc1. The van der Waals surface area contributed by atoms with Crippen LogP contribution in [0, 0.1) is 10.5 Å². The number of hydrogen-bond donors (Lipinski definition) is 1. The molecule has 0 aliphatic heterocycles. The van der Waals surface area contributed by atoms with Crippen molar-refractivity contribution >= 4 is 57.4 Å². The topological polar surface area (TPSA) is 72.8 Å². The van der Waals surface area contributed by atoms with Gasteiger partial charge in [-0.25, -0.2) is 0 Å². The zero-order chi connectivity index (χ0) is 23.8. The maximum atomic E-state index is 12.9. The molecular formula is C25H28IN3O3S. The van der Waals surface area contributed by atoms with Crippen molar-refractivity contribution in [2.24, 2.45) is 5.16 Å². The van der Waals surface area contributed by atoms with Gasteiger partial charge in [0, 0.05) is 33.3 Å². The van der Waals surface area contributed by atoms with Crippen molar-refractivity contribution in [3.8, 4) is 5.75 Å². The molecule has 33 heavy (non-hydrogen) atoms. The lowest BCUT2D eigenvalue weighted by atomic mass is 10.0. The molecule has 1 atom stereocenters. The van der Waals surface area contributed by atoms with E-state index in [4.69, 9.17) is 9.57 Å². The summed E-state index contributed by atoms with van der Waals surface area (Å²) in [4.78, 5) is 22.8. The summed E-state index contributed by atoms with van der Waals surface area (Å²) in [5.74, 6) is 0.455. The minimum absolute atomic E-state index is 0.190. The number of thioether (sulfide) groups is 1. The van der Waals surface area contributed by atoms with Gasteiger partial charge in [0.2, 0.25) is 5.44 Å². The zero-order valence-electron chi connectivity index (χ0n) is 19.2. The number of benzene rings is 2. The van der Waals surface area contributed by atoms with Gasteiger partial charge < -0.3 is 14.9 Å². The molecule has 0 radical (unpaired) electrons. The van der Waals surface area contributed by atoms with Crippen molar-refractivity contribution in [2.45, 2.75) is 44.8 Å². The molecule has 8 heteroatoms. The lowest BCUT2D eigenvalue weighted by molar-refractivity contribution is -0.126. The number of pyridine rings is 1. The van der Waals surface area contributed by atoms with E-state index in [1.54, 1.807) is 6.21 Å². The highest BCUT2D eigenvalue weighted by atomic mass is 127. The third-order valence-electron chi connectivity index (χ3n) is 4.87. The Morgan fingerprint density at radius 3 is 2.76 bits per heavy atom. The molecule has 174 valence electrons. The van der Waals surface area contributed by atoms with Crippen molar-refractivity contribution in [3.63, 3.8) is 0 Å². The quantitative estimate of drug-likeness (QED) is 0.145. The number of ether oxygens (including phenoxy) is 1. The molecule has 1 unspecified atom stereocenters. The summed E-state index contributed by atoms with van der Waals surface area (Å²) in [5, 5.41) is 8.06. The molecule has 3 aromatic rings. The van der Waals surface area contributed by atoms with Crippen LogP contribution in [0.15, 0.2) is 59.9 Å². The van der Waals surface area contributed by atoms with Gasteiger partial charge in [-0.3, -0.25) is 9.78 Å². The maximum Gasteiger partial charge on any atom is 0.272 e. The number of hydrogen-bond acceptors (Lipinski definition) is 6. The summed E-state index contributed by atoms with van der Waals surface area (Å²) in [5.41, 5.74) is 1.81. The molecule has 0 aliphatic carbocycles. The fourth-order valence-electron chi connectivity index (χ4n) is 3.22. The molecule has 1 amide bonds. The van der Waals surface area contributed by atoms with Crippen molar-refractivity contribution in [1.29, 1.82) is 0 Å². The first-order chi connectivity index (χ1) is 15.8. The molecule has 0 bridgehead atoms. The first kappa shape index (κ1) is 25.3. The Morgan fingerprint density at radius 1 is 1.27 bits per heavy atom. The molecule has 2 aromatic carbocycles. The highest BCUT2D eigenvalue weighted by Crippen LogP contribution is 2.27. The third-order valence-corrected chi connectivity index (χ3v) is 6.20. The number of carbonyl (C=O) groups is 1. The molecule has 1 aromatic heterocycles. The van der Waals surface area contributed by atoms with Gasteiger partial charge in [0.05, 0.1) is 5.52 Å². The maximum absolute atomic E-state index is 12.9. The first-order valence-electron chi connectivity index (χ1n) is 10.5. The Bertz CT molecular complexity index is 1120. The van der Waals surface area contributed by atoms with Crippen LogP contribution in [0.5, 0.6) is 5.75 Å². The fraction of sp³-hybridized carbons (Fsp3) is 0.320. The number of amides is 1. The van der Waals surface area contributed by atoms with Crippen LogP contribution in [0.2, 0.25) is 0 Å². The van der Waals surface area contributed by atoms with Crippen LogP contribution >= 0.6 is 34.4 Å². The second-order valence-electron chi connectivity index (χ2n) is 8.28. The number of fused-ring (bicyclic) bond motifs is 1. The van der Waals surface area contributed by atoms with Crippen LogP contribution in [-0.4, -0.2) is 34.3 Å². The minimum Gasteiger partial charge on any atom is -0.470 e. The molecular weight excluding hydrogens is 549 g/mol. The smallest absolute Gasteiger partial charge is 0.272 e. The number of nitrogens with one attached hydrogen (secondary N) is 1. The molecule has 6 nitrogen and oxygen atoms in total. The van der Waals surface area contributed by atoms with Crippen LogP contribution in [0.3, 0.4) is 0 Å². The number of nitrogens with zero attached hydrogens (tertiary/aromatic N) is 2. The van der Waals surface area contributed by atoms with Crippen LogP contribution < -0.4 is 10.1 Å². The molecule has 0 spiro atoms. The Balaban J connectivity index is 1.57. The standard InChI is InChI=1S/C25H28IN3O3S/c1-17-12-21(14-19-13-20(26)15-27-22(17)19)32-24(33-4)23(30)29-25(2,3)10-11-28-31-16-18-8-6-5-7-9-18/h5-9,11-15,24H,10,16H2,1-4H3,(H,29,30). The van der Waals surface area contributed by atoms with Gasteiger partial charge >= 0.3 is 0 Å². The largest absolute Gasteiger partial charge is 0.470 e. The monoisotopic (exact) mass is 577 g/mol. The number of carbonyl (C=O) groups excluding carboxylic acids is 1. The van der Waals surface area contributed by atoms with Gasteiger partial charge in [-0.1, -0.05) is 35.5 Å². The fourth-order valence-corrected chi connectivity index (χ4v) is 4.17. The van der Waals surface area contributed by atoms with E-state index in [2.05, 4.69) is 44.1 Å². The van der Waals surface area contributed by atoms with Crippen molar-refractivity contribution in [3.05, 3.63) is 69.4 Å². The average Bonchev–Trinajstić information content (AvgIpc) is 2.77. The van der Waals surface area contributed by atoms with Gasteiger partial charge in [-0.2, -0.15) is 0 Å². The summed E-state index contributed by atoms with van der Waals surface area (Å²) in [6.07, 6.45) is 5.90. The van der Waals surface area contributed by atoms with E-state index in [0.29, 0.717) is 18.8 Å². The highest BCUT2D eigenvalue weighted by Gasteiger charge is 2.26. The predicted octanol–water partition coefficient (Wildman–Crippen LogP) is 5.70. The van der Waals surface area contributed by atoms with Gasteiger partial charge in [-0.15, -0.1) is 11.8 Å². The van der Waals surface area contributed by atoms with Crippen LogP contribution in [0.1, 0.15) is 31.4 Å². The summed E-state index contributed by atoms with van der Waals surface area (Å²) in [6.45, 7) is 6.29. The number of oxime groups is 1. The third kappa shape index (κ3) is 7.60. The number of aryl methyl sites for hydroxylation is 1. The number of aromatic nitrogens is 1. The van der Waals surface area contributed by atoms with Crippen LogP contribution in [0.4, 0.5) is 0 Å². The van der Waals surface area contributed by atoms with Crippen molar-refractivity contribution < 1.29 is 14.4 Å². The molecule has 0 fully saturated rings. The Kier molecular flexibility index (Phi) is 8.96. The number of rotatable bonds is 10. The van der Waals surface area contributed by atoms with E-state index in [-0.39, 0.29) is 5.91 Å². The summed E-state index contributed by atoms with van der Waals surface area (Å²) < 4.78 is 7.10. The van der Waals surface area contributed by atoms with Crippen molar-refractivity contribution in [2.75, 3.05) is 6.26 Å². The molecule has 0 aliphatic rings. The van der Waals surface area contributed by atoms with Gasteiger partial charge in [0.15, 0.2) is 0 Å². The van der Waals surface area contributed by atoms with Gasteiger partial charge in [-0.05, 0) is 78.9 Å². The molecule has 0 saturated heterocycles. The summed E-state index contributed by atoms with van der Waals surface area (Å²) in [7, 11) is 0. The Labute approximate surface area is 212 Å². The minimum atomic E-state index is -0.678. The lowest BCUT2D eigenvalue weighted by Crippen LogP contribution is -2.48.